The van der Waals surface area contributed by atoms with Gasteiger partial charge in [0.05, 0.1) is 4.92 Å². The number of hydrogen-bond acceptors (Lipinski definition) is 6. The second-order valence-electron chi connectivity index (χ2n) is 7.06. The number of halogens is 1. The van der Waals surface area contributed by atoms with E-state index in [2.05, 4.69) is 29.4 Å². The first-order valence-electron chi connectivity index (χ1n) is 9.34. The number of benzene rings is 2. The predicted molar refractivity (Wildman–Crippen MR) is 113 cm³/mol. The first kappa shape index (κ1) is 20.2. The summed E-state index contributed by atoms with van der Waals surface area (Å²) in [5, 5.41) is 18.7. The summed E-state index contributed by atoms with van der Waals surface area (Å²) in [4.78, 5) is 13.3. The van der Waals surface area contributed by atoms with Crippen molar-refractivity contribution in [2.45, 2.75) is 25.9 Å². The number of nitro groups is 1. The Bertz CT molecular complexity index is 806. The fourth-order valence-electron chi connectivity index (χ4n) is 3.44. The van der Waals surface area contributed by atoms with E-state index in [0.717, 1.165) is 18.8 Å². The minimum absolute atomic E-state index is 0.0616. The first-order valence-corrected chi connectivity index (χ1v) is 9.72. The molecule has 0 unspecified atom stereocenters. The highest BCUT2D eigenvalue weighted by molar-refractivity contribution is 6.30. The molecule has 0 bridgehead atoms. The van der Waals surface area contributed by atoms with Crippen LogP contribution in [-0.4, -0.2) is 43.2 Å². The standard InChI is InChI=1S/C20H25ClN4O3/c1-14-12-24(13-15(2)23-14)17-5-8-20(25(26)27)19(11-17)22-9-10-28-18-6-3-16(21)4-7-18/h3-8,11,14-15,22-23H,9-10,12-13H2,1-2H3/t14-,15-/m1/s1. The predicted octanol–water partition coefficient (Wildman–Crippen LogP) is 3.93. The zero-order valence-electron chi connectivity index (χ0n) is 16.0. The summed E-state index contributed by atoms with van der Waals surface area (Å²) in [6, 6.07) is 13.1. The maximum absolute atomic E-state index is 11.4. The third-order valence-electron chi connectivity index (χ3n) is 4.60. The second-order valence-corrected chi connectivity index (χ2v) is 7.50. The molecule has 0 saturated carbocycles. The SMILES string of the molecule is C[C@@H]1CN(c2ccc([N+](=O)[O-])c(NCCOc3ccc(Cl)cc3)c2)C[C@@H](C)N1. The normalized spacial score (nSPS) is 19.3. The van der Waals surface area contributed by atoms with Crippen molar-refractivity contribution in [3.05, 3.63) is 57.6 Å². The van der Waals surface area contributed by atoms with Gasteiger partial charge in [-0.15, -0.1) is 0 Å². The molecular formula is C20H25ClN4O3. The number of nitrogens with zero attached hydrogens (tertiary/aromatic N) is 2. The van der Waals surface area contributed by atoms with Crippen molar-refractivity contribution < 1.29 is 9.66 Å². The molecule has 0 aromatic heterocycles. The van der Waals surface area contributed by atoms with E-state index in [1.165, 1.54) is 0 Å². The van der Waals surface area contributed by atoms with Gasteiger partial charge in [0.1, 0.15) is 18.0 Å². The smallest absolute Gasteiger partial charge is 0.292 e. The van der Waals surface area contributed by atoms with Crippen molar-refractivity contribution in [3.8, 4) is 5.75 Å². The molecule has 1 fully saturated rings. The number of rotatable bonds is 7. The molecule has 1 saturated heterocycles. The average molecular weight is 405 g/mol. The van der Waals surface area contributed by atoms with Crippen LogP contribution in [-0.2, 0) is 0 Å². The first-order chi connectivity index (χ1) is 13.4. The van der Waals surface area contributed by atoms with E-state index in [1.54, 1.807) is 30.3 Å². The molecule has 150 valence electrons. The third-order valence-corrected chi connectivity index (χ3v) is 4.85. The Morgan fingerprint density at radius 2 is 1.89 bits per heavy atom. The highest BCUT2D eigenvalue weighted by Gasteiger charge is 2.23. The lowest BCUT2D eigenvalue weighted by Gasteiger charge is -2.37. The van der Waals surface area contributed by atoms with Crippen LogP contribution in [0.4, 0.5) is 17.1 Å². The fraction of sp³-hybridized carbons (Fsp3) is 0.400. The summed E-state index contributed by atoms with van der Waals surface area (Å²) < 4.78 is 5.65. The van der Waals surface area contributed by atoms with E-state index in [-0.39, 0.29) is 10.6 Å². The second kappa shape index (κ2) is 9.12. The molecule has 7 nitrogen and oxygen atoms in total. The van der Waals surface area contributed by atoms with Crippen molar-refractivity contribution in [1.82, 2.24) is 5.32 Å². The quantitative estimate of drug-likeness (QED) is 0.413. The topological polar surface area (TPSA) is 79.7 Å². The molecule has 2 atom stereocenters. The number of hydrogen-bond donors (Lipinski definition) is 2. The molecule has 2 aromatic rings. The Kier molecular flexibility index (Phi) is 6.59. The van der Waals surface area contributed by atoms with Gasteiger partial charge in [0, 0.05) is 48.5 Å². The Labute approximate surface area is 169 Å². The van der Waals surface area contributed by atoms with E-state index in [1.807, 2.05) is 12.1 Å². The Morgan fingerprint density at radius 1 is 1.21 bits per heavy atom. The van der Waals surface area contributed by atoms with Crippen molar-refractivity contribution >= 4 is 28.7 Å². The van der Waals surface area contributed by atoms with Gasteiger partial charge in [-0.1, -0.05) is 11.6 Å². The van der Waals surface area contributed by atoms with Crippen molar-refractivity contribution in [3.63, 3.8) is 0 Å². The molecule has 28 heavy (non-hydrogen) atoms. The number of ether oxygens (including phenoxy) is 1. The van der Waals surface area contributed by atoms with Crippen molar-refractivity contribution in [1.29, 1.82) is 0 Å². The third kappa shape index (κ3) is 5.27. The average Bonchev–Trinajstić information content (AvgIpc) is 2.65. The molecule has 2 aromatic carbocycles. The molecular weight excluding hydrogens is 380 g/mol. The van der Waals surface area contributed by atoms with Crippen molar-refractivity contribution in [2.24, 2.45) is 0 Å². The Balaban J connectivity index is 1.66. The number of piperazine rings is 1. The minimum atomic E-state index is -0.366. The van der Waals surface area contributed by atoms with Crippen LogP contribution in [0.1, 0.15) is 13.8 Å². The van der Waals surface area contributed by atoms with Gasteiger partial charge >= 0.3 is 0 Å². The summed E-state index contributed by atoms with van der Waals surface area (Å²) in [5.74, 6) is 0.707. The van der Waals surface area contributed by atoms with E-state index >= 15 is 0 Å². The van der Waals surface area contributed by atoms with Gasteiger partial charge in [0.2, 0.25) is 0 Å². The molecule has 8 heteroatoms. The summed E-state index contributed by atoms with van der Waals surface area (Å²) in [7, 11) is 0. The van der Waals surface area contributed by atoms with Crippen LogP contribution in [0, 0.1) is 10.1 Å². The zero-order valence-corrected chi connectivity index (χ0v) is 16.8. The highest BCUT2D eigenvalue weighted by Crippen LogP contribution is 2.30. The van der Waals surface area contributed by atoms with Gasteiger partial charge in [0.25, 0.3) is 5.69 Å². The largest absolute Gasteiger partial charge is 0.492 e. The van der Waals surface area contributed by atoms with Gasteiger partial charge in [-0.25, -0.2) is 0 Å². The lowest BCUT2D eigenvalue weighted by atomic mass is 10.1. The molecule has 1 heterocycles. The van der Waals surface area contributed by atoms with Crippen LogP contribution in [0.25, 0.3) is 0 Å². The Morgan fingerprint density at radius 3 is 2.54 bits per heavy atom. The van der Waals surface area contributed by atoms with Crippen LogP contribution >= 0.6 is 11.6 Å². The lowest BCUT2D eigenvalue weighted by molar-refractivity contribution is -0.383. The van der Waals surface area contributed by atoms with Crippen LogP contribution in [0.3, 0.4) is 0 Å². The molecule has 0 radical (unpaired) electrons. The van der Waals surface area contributed by atoms with Crippen LogP contribution in [0.5, 0.6) is 5.75 Å². The van der Waals surface area contributed by atoms with Gasteiger partial charge in [-0.3, -0.25) is 10.1 Å². The number of anilines is 2. The summed E-state index contributed by atoms with van der Waals surface area (Å²) >= 11 is 5.86. The van der Waals surface area contributed by atoms with E-state index in [9.17, 15) is 10.1 Å². The van der Waals surface area contributed by atoms with Crippen LogP contribution in [0.15, 0.2) is 42.5 Å². The van der Waals surface area contributed by atoms with Gasteiger partial charge in [-0.2, -0.15) is 0 Å². The minimum Gasteiger partial charge on any atom is -0.492 e. The lowest BCUT2D eigenvalue weighted by Crippen LogP contribution is -2.54. The van der Waals surface area contributed by atoms with Crippen LogP contribution in [0.2, 0.25) is 5.02 Å². The number of nitrogens with one attached hydrogen (secondary N) is 2. The molecule has 3 rings (SSSR count). The zero-order chi connectivity index (χ0) is 20.1. The molecule has 2 N–H and O–H groups in total. The van der Waals surface area contributed by atoms with Gasteiger partial charge in [0.15, 0.2) is 0 Å². The summed E-state index contributed by atoms with van der Waals surface area (Å²) in [6.07, 6.45) is 0. The summed E-state index contributed by atoms with van der Waals surface area (Å²) in [6.45, 7) is 6.83. The molecule has 1 aliphatic heterocycles. The van der Waals surface area contributed by atoms with E-state index < -0.39 is 0 Å². The number of nitro benzene ring substituents is 1. The Hall–Kier alpha value is -2.51. The maximum atomic E-state index is 11.4. The molecule has 1 aliphatic rings. The molecule has 0 spiro atoms. The monoisotopic (exact) mass is 404 g/mol. The van der Waals surface area contributed by atoms with Gasteiger partial charge in [-0.05, 0) is 50.2 Å². The highest BCUT2D eigenvalue weighted by atomic mass is 35.5. The molecule has 0 aliphatic carbocycles. The maximum Gasteiger partial charge on any atom is 0.292 e. The fourth-order valence-corrected chi connectivity index (χ4v) is 3.57. The van der Waals surface area contributed by atoms with E-state index in [4.69, 9.17) is 16.3 Å². The van der Waals surface area contributed by atoms with Crippen molar-refractivity contribution in [2.75, 3.05) is 36.5 Å². The summed E-state index contributed by atoms with van der Waals surface area (Å²) in [5.41, 5.74) is 1.54. The van der Waals surface area contributed by atoms with E-state index in [0.29, 0.717) is 41.7 Å². The van der Waals surface area contributed by atoms with Gasteiger partial charge < -0.3 is 20.3 Å². The van der Waals surface area contributed by atoms with Crippen LogP contribution < -0.4 is 20.3 Å². The molecule has 0 amide bonds.